The lowest BCUT2D eigenvalue weighted by molar-refractivity contribution is 0.0590. The minimum Gasteiger partial charge on any atom is -0.464 e. The second-order valence-electron chi connectivity index (χ2n) is 3.82. The van der Waals surface area contributed by atoms with E-state index < -0.39 is 5.97 Å². The van der Waals surface area contributed by atoms with Gasteiger partial charge in [0.05, 0.1) is 26.0 Å². The summed E-state index contributed by atoms with van der Waals surface area (Å²) in [6.45, 7) is 0.0437. The van der Waals surface area contributed by atoms with Crippen LogP contribution in [0.1, 0.15) is 21.7 Å². The van der Waals surface area contributed by atoms with E-state index >= 15 is 0 Å². The maximum Gasteiger partial charge on any atom is 0.360 e. The largest absolute Gasteiger partial charge is 0.464 e. The van der Waals surface area contributed by atoms with E-state index in [0.29, 0.717) is 17.3 Å². The third kappa shape index (κ3) is 2.91. The van der Waals surface area contributed by atoms with Crippen molar-refractivity contribution in [1.29, 1.82) is 0 Å². The van der Waals surface area contributed by atoms with Crippen molar-refractivity contribution in [2.45, 2.75) is 13.2 Å². The fourth-order valence-corrected chi connectivity index (χ4v) is 1.76. The molecule has 0 fully saturated rings. The summed E-state index contributed by atoms with van der Waals surface area (Å²) in [5, 5.41) is 17.5. The quantitative estimate of drug-likeness (QED) is 0.854. The van der Waals surface area contributed by atoms with Gasteiger partial charge in [-0.25, -0.2) is 9.48 Å². The number of aliphatic hydroxyl groups excluding tert-OH is 1. The molecular weight excluding hydrogens is 270 g/mol. The zero-order valence-corrected chi connectivity index (χ0v) is 11.0. The van der Waals surface area contributed by atoms with Crippen LogP contribution in [0, 0.1) is 0 Å². The van der Waals surface area contributed by atoms with Crippen molar-refractivity contribution < 1.29 is 14.6 Å². The zero-order valence-electron chi connectivity index (χ0n) is 10.2. The number of halogens is 1. The minimum absolute atomic E-state index is 0.0268. The summed E-state index contributed by atoms with van der Waals surface area (Å²) >= 11 is 5.80. The molecular formula is C12H12ClN3O3. The van der Waals surface area contributed by atoms with Gasteiger partial charge < -0.3 is 9.84 Å². The van der Waals surface area contributed by atoms with Crippen molar-refractivity contribution in [3.8, 4) is 0 Å². The van der Waals surface area contributed by atoms with Crippen LogP contribution in [0.5, 0.6) is 0 Å². The summed E-state index contributed by atoms with van der Waals surface area (Å²) in [6, 6.07) is 7.19. The van der Waals surface area contributed by atoms with Crippen molar-refractivity contribution in [3.63, 3.8) is 0 Å². The second-order valence-corrected chi connectivity index (χ2v) is 4.25. The number of hydrogen-bond donors (Lipinski definition) is 1. The fraction of sp³-hybridized carbons (Fsp3) is 0.250. The lowest BCUT2D eigenvalue weighted by Crippen LogP contribution is -2.10. The molecule has 0 saturated carbocycles. The summed E-state index contributed by atoms with van der Waals surface area (Å²) in [4.78, 5) is 11.4. The maximum absolute atomic E-state index is 11.4. The molecule has 0 bridgehead atoms. The van der Waals surface area contributed by atoms with Crippen molar-refractivity contribution in [3.05, 3.63) is 46.2 Å². The van der Waals surface area contributed by atoms with E-state index in [1.54, 1.807) is 12.1 Å². The zero-order chi connectivity index (χ0) is 13.8. The van der Waals surface area contributed by atoms with Gasteiger partial charge in [-0.05, 0) is 17.7 Å². The maximum atomic E-state index is 11.4. The Morgan fingerprint density at radius 2 is 2.11 bits per heavy atom. The molecule has 0 unspecified atom stereocenters. The predicted molar refractivity (Wildman–Crippen MR) is 67.8 cm³/mol. The molecule has 2 aromatic rings. The lowest BCUT2D eigenvalue weighted by atomic mass is 10.2. The van der Waals surface area contributed by atoms with Crippen LogP contribution >= 0.6 is 11.6 Å². The summed E-state index contributed by atoms with van der Waals surface area (Å²) in [5.41, 5.74) is 1.28. The molecule has 0 amide bonds. The van der Waals surface area contributed by atoms with E-state index in [9.17, 15) is 9.90 Å². The van der Waals surface area contributed by atoms with Crippen molar-refractivity contribution >= 4 is 17.6 Å². The third-order valence-electron chi connectivity index (χ3n) is 2.61. The number of ether oxygens (including phenoxy) is 1. The average molecular weight is 282 g/mol. The van der Waals surface area contributed by atoms with Gasteiger partial charge in [0.15, 0.2) is 5.69 Å². The van der Waals surface area contributed by atoms with Crippen LogP contribution < -0.4 is 0 Å². The van der Waals surface area contributed by atoms with Gasteiger partial charge in [0.25, 0.3) is 0 Å². The van der Waals surface area contributed by atoms with Gasteiger partial charge in [0, 0.05) is 5.02 Å². The SMILES string of the molecule is COC(=O)c1nnn(Cc2ccc(Cl)cc2)c1CO. The molecule has 0 aliphatic rings. The summed E-state index contributed by atoms with van der Waals surface area (Å²) in [6.07, 6.45) is 0. The first-order valence-electron chi connectivity index (χ1n) is 5.51. The smallest absolute Gasteiger partial charge is 0.360 e. The van der Waals surface area contributed by atoms with Gasteiger partial charge in [-0.2, -0.15) is 0 Å². The van der Waals surface area contributed by atoms with E-state index in [1.807, 2.05) is 12.1 Å². The molecule has 1 heterocycles. The Kier molecular flexibility index (Phi) is 4.13. The highest BCUT2D eigenvalue weighted by molar-refractivity contribution is 6.30. The molecule has 0 aliphatic heterocycles. The Bertz CT molecular complexity index is 580. The third-order valence-corrected chi connectivity index (χ3v) is 2.86. The molecule has 100 valence electrons. The van der Waals surface area contributed by atoms with Gasteiger partial charge in [-0.3, -0.25) is 0 Å². The summed E-state index contributed by atoms with van der Waals surface area (Å²) in [7, 11) is 1.25. The van der Waals surface area contributed by atoms with E-state index in [2.05, 4.69) is 15.0 Å². The fourth-order valence-electron chi connectivity index (χ4n) is 1.63. The van der Waals surface area contributed by atoms with Crippen LogP contribution in [0.2, 0.25) is 5.02 Å². The number of methoxy groups -OCH3 is 1. The first kappa shape index (κ1) is 13.5. The molecule has 19 heavy (non-hydrogen) atoms. The molecule has 0 spiro atoms. The van der Waals surface area contributed by atoms with Gasteiger partial charge in [-0.1, -0.05) is 28.9 Å². The lowest BCUT2D eigenvalue weighted by Gasteiger charge is -2.05. The number of nitrogens with zero attached hydrogens (tertiary/aromatic N) is 3. The number of carbonyl (C=O) groups excluding carboxylic acids is 1. The van der Waals surface area contributed by atoms with E-state index in [4.69, 9.17) is 11.6 Å². The average Bonchev–Trinajstić information content (AvgIpc) is 2.83. The van der Waals surface area contributed by atoms with Crippen LogP contribution in [-0.4, -0.2) is 33.2 Å². The van der Waals surface area contributed by atoms with Crippen molar-refractivity contribution in [1.82, 2.24) is 15.0 Å². The predicted octanol–water partition coefficient (Wildman–Crippen LogP) is 1.26. The molecule has 6 nitrogen and oxygen atoms in total. The number of esters is 1. The molecule has 7 heteroatoms. The highest BCUT2D eigenvalue weighted by Gasteiger charge is 2.19. The number of hydrogen-bond acceptors (Lipinski definition) is 5. The Hall–Kier alpha value is -1.92. The minimum atomic E-state index is -0.619. The number of carbonyl (C=O) groups is 1. The van der Waals surface area contributed by atoms with Gasteiger partial charge in [-0.15, -0.1) is 5.10 Å². The summed E-state index contributed by atoms with van der Waals surface area (Å²) in [5.74, 6) is -0.619. The normalized spacial score (nSPS) is 10.5. The number of aliphatic hydroxyl groups is 1. The van der Waals surface area contributed by atoms with E-state index in [0.717, 1.165) is 5.56 Å². The summed E-state index contributed by atoms with van der Waals surface area (Å²) < 4.78 is 6.03. The Labute approximate surface area is 114 Å². The number of rotatable bonds is 4. The van der Waals surface area contributed by atoms with Crippen LogP contribution in [0.15, 0.2) is 24.3 Å². The second kappa shape index (κ2) is 5.81. The van der Waals surface area contributed by atoms with E-state index in [1.165, 1.54) is 11.8 Å². The molecule has 1 N–H and O–H groups in total. The van der Waals surface area contributed by atoms with Crippen LogP contribution in [-0.2, 0) is 17.9 Å². The standard InChI is InChI=1S/C12H12ClN3O3/c1-19-12(18)11-10(7-17)16(15-14-11)6-8-2-4-9(13)5-3-8/h2-5,17H,6-7H2,1H3. The monoisotopic (exact) mass is 281 g/mol. The molecule has 2 rings (SSSR count). The van der Waals surface area contributed by atoms with Gasteiger partial charge >= 0.3 is 5.97 Å². The molecule has 0 atom stereocenters. The van der Waals surface area contributed by atoms with Crippen molar-refractivity contribution in [2.75, 3.05) is 7.11 Å². The first-order chi connectivity index (χ1) is 9.15. The first-order valence-corrected chi connectivity index (χ1v) is 5.89. The molecule has 1 aromatic heterocycles. The van der Waals surface area contributed by atoms with Gasteiger partial charge in [0.1, 0.15) is 0 Å². The van der Waals surface area contributed by atoms with Crippen LogP contribution in [0.4, 0.5) is 0 Å². The molecule has 0 saturated heterocycles. The highest BCUT2D eigenvalue weighted by atomic mass is 35.5. The van der Waals surface area contributed by atoms with Crippen LogP contribution in [0.25, 0.3) is 0 Å². The van der Waals surface area contributed by atoms with Crippen LogP contribution in [0.3, 0.4) is 0 Å². The Morgan fingerprint density at radius 1 is 1.42 bits per heavy atom. The topological polar surface area (TPSA) is 77.2 Å². The number of benzene rings is 1. The van der Waals surface area contributed by atoms with Crippen molar-refractivity contribution in [2.24, 2.45) is 0 Å². The Balaban J connectivity index is 2.28. The van der Waals surface area contributed by atoms with Gasteiger partial charge in [0.2, 0.25) is 0 Å². The molecule has 0 aliphatic carbocycles. The molecule has 0 radical (unpaired) electrons. The highest BCUT2D eigenvalue weighted by Crippen LogP contribution is 2.13. The van der Waals surface area contributed by atoms with E-state index in [-0.39, 0.29) is 12.3 Å². The molecule has 1 aromatic carbocycles. The number of aromatic nitrogens is 3. The Morgan fingerprint density at radius 3 is 2.68 bits per heavy atom.